The van der Waals surface area contributed by atoms with Crippen LogP contribution in [0.15, 0.2) is 42.6 Å². The van der Waals surface area contributed by atoms with E-state index in [0.29, 0.717) is 6.42 Å². The molecule has 18 heavy (non-hydrogen) atoms. The van der Waals surface area contributed by atoms with Gasteiger partial charge in [0.25, 0.3) is 0 Å². The first-order chi connectivity index (χ1) is 8.70. The first kappa shape index (κ1) is 12.6. The maximum absolute atomic E-state index is 10.2. The largest absolute Gasteiger partial charge is 0.496 e. The van der Waals surface area contributed by atoms with Crippen LogP contribution in [0.5, 0.6) is 5.75 Å². The summed E-state index contributed by atoms with van der Waals surface area (Å²) in [6.45, 7) is 1.93. The molecule has 2 rings (SSSR count). The number of benzene rings is 1. The number of methoxy groups -OCH3 is 1. The zero-order chi connectivity index (χ0) is 13.0. The molecule has 0 spiro atoms. The Morgan fingerprint density at radius 1 is 1.22 bits per heavy atom. The predicted molar refractivity (Wildman–Crippen MR) is 70.6 cm³/mol. The molecule has 0 aliphatic rings. The average molecular weight is 243 g/mol. The minimum absolute atomic E-state index is 0.523. The van der Waals surface area contributed by atoms with Crippen LogP contribution in [0.3, 0.4) is 0 Å². The normalized spacial score (nSPS) is 12.2. The van der Waals surface area contributed by atoms with E-state index < -0.39 is 6.10 Å². The zero-order valence-electron chi connectivity index (χ0n) is 10.6. The highest BCUT2D eigenvalue weighted by molar-refractivity contribution is 5.34. The Kier molecular flexibility index (Phi) is 3.95. The smallest absolute Gasteiger partial charge is 0.122 e. The fourth-order valence-corrected chi connectivity index (χ4v) is 1.87. The van der Waals surface area contributed by atoms with Crippen molar-refractivity contribution in [1.29, 1.82) is 0 Å². The molecular formula is C15H17NO2. The minimum atomic E-state index is -0.561. The zero-order valence-corrected chi connectivity index (χ0v) is 10.6. The van der Waals surface area contributed by atoms with Crippen molar-refractivity contribution in [1.82, 2.24) is 4.98 Å². The standard InChI is InChI=1S/C15H17NO2/c1-11-7-8-13(10-16-11)14(17)9-12-5-3-4-6-15(12)18-2/h3-8,10,14,17H,9H2,1-2H3. The van der Waals surface area contributed by atoms with Gasteiger partial charge in [0, 0.05) is 18.3 Å². The highest BCUT2D eigenvalue weighted by Gasteiger charge is 2.11. The molecule has 0 fully saturated rings. The van der Waals surface area contributed by atoms with Crippen LogP contribution in [0.4, 0.5) is 0 Å². The highest BCUT2D eigenvalue weighted by Crippen LogP contribution is 2.24. The van der Waals surface area contributed by atoms with Gasteiger partial charge in [-0.25, -0.2) is 0 Å². The summed E-state index contributed by atoms with van der Waals surface area (Å²) in [7, 11) is 1.64. The van der Waals surface area contributed by atoms with Crippen LogP contribution in [0.25, 0.3) is 0 Å². The van der Waals surface area contributed by atoms with Gasteiger partial charge >= 0.3 is 0 Å². The van der Waals surface area contributed by atoms with Gasteiger partial charge in [-0.1, -0.05) is 24.3 Å². The van der Waals surface area contributed by atoms with Crippen LogP contribution < -0.4 is 4.74 Å². The van der Waals surface area contributed by atoms with Gasteiger partial charge in [0.15, 0.2) is 0 Å². The summed E-state index contributed by atoms with van der Waals surface area (Å²) in [6, 6.07) is 11.5. The van der Waals surface area contributed by atoms with E-state index in [4.69, 9.17) is 4.74 Å². The highest BCUT2D eigenvalue weighted by atomic mass is 16.5. The molecule has 1 aromatic carbocycles. The Bertz CT molecular complexity index is 508. The lowest BCUT2D eigenvalue weighted by Crippen LogP contribution is -2.04. The maximum Gasteiger partial charge on any atom is 0.122 e. The van der Waals surface area contributed by atoms with E-state index in [-0.39, 0.29) is 0 Å². The van der Waals surface area contributed by atoms with Gasteiger partial charge in [-0.15, -0.1) is 0 Å². The number of hydrogen-bond acceptors (Lipinski definition) is 3. The predicted octanol–water partition coefficient (Wildman–Crippen LogP) is 2.67. The van der Waals surface area contributed by atoms with Crippen LogP contribution in [-0.2, 0) is 6.42 Å². The first-order valence-corrected chi connectivity index (χ1v) is 5.93. The van der Waals surface area contributed by atoms with E-state index in [1.54, 1.807) is 13.3 Å². The van der Waals surface area contributed by atoms with Crippen LogP contribution in [0, 0.1) is 6.92 Å². The van der Waals surface area contributed by atoms with Crippen LogP contribution >= 0.6 is 0 Å². The second-order valence-corrected chi connectivity index (χ2v) is 4.26. The van der Waals surface area contributed by atoms with Crippen molar-refractivity contribution < 1.29 is 9.84 Å². The molecule has 2 aromatic rings. The molecule has 94 valence electrons. The monoisotopic (exact) mass is 243 g/mol. The summed E-state index contributed by atoms with van der Waals surface area (Å²) in [5, 5.41) is 10.2. The van der Waals surface area contributed by atoms with Crippen molar-refractivity contribution in [3.8, 4) is 5.75 Å². The number of para-hydroxylation sites is 1. The SMILES string of the molecule is COc1ccccc1CC(O)c1ccc(C)nc1. The summed E-state index contributed by atoms with van der Waals surface area (Å²) >= 11 is 0. The van der Waals surface area contributed by atoms with Crippen molar-refractivity contribution in [3.05, 3.63) is 59.4 Å². The lowest BCUT2D eigenvalue weighted by molar-refractivity contribution is 0.177. The third kappa shape index (κ3) is 2.87. The molecule has 3 nitrogen and oxygen atoms in total. The molecule has 0 saturated carbocycles. The number of ether oxygens (including phenoxy) is 1. The fourth-order valence-electron chi connectivity index (χ4n) is 1.87. The number of aliphatic hydroxyl groups excluding tert-OH is 1. The summed E-state index contributed by atoms with van der Waals surface area (Å²) in [6.07, 6.45) is 1.68. The third-order valence-electron chi connectivity index (χ3n) is 2.92. The molecule has 0 saturated heterocycles. The molecule has 1 unspecified atom stereocenters. The van der Waals surface area contributed by atoms with Crippen molar-refractivity contribution in [2.24, 2.45) is 0 Å². The lowest BCUT2D eigenvalue weighted by atomic mass is 10.0. The minimum Gasteiger partial charge on any atom is -0.496 e. The maximum atomic E-state index is 10.2. The second kappa shape index (κ2) is 5.65. The van der Waals surface area contributed by atoms with E-state index in [2.05, 4.69) is 4.98 Å². The number of aryl methyl sites for hydroxylation is 1. The topological polar surface area (TPSA) is 42.4 Å². The molecule has 0 bridgehead atoms. The van der Waals surface area contributed by atoms with E-state index in [1.807, 2.05) is 43.3 Å². The molecular weight excluding hydrogens is 226 g/mol. The fraction of sp³-hybridized carbons (Fsp3) is 0.267. The Balaban J connectivity index is 2.15. The van der Waals surface area contributed by atoms with Gasteiger partial charge in [0.05, 0.1) is 13.2 Å². The number of rotatable bonds is 4. The third-order valence-corrected chi connectivity index (χ3v) is 2.92. The summed E-state index contributed by atoms with van der Waals surface area (Å²) < 4.78 is 5.27. The Labute approximate surface area is 107 Å². The van der Waals surface area contributed by atoms with Crippen molar-refractivity contribution in [2.75, 3.05) is 7.11 Å². The number of pyridine rings is 1. The molecule has 3 heteroatoms. The van der Waals surface area contributed by atoms with Gasteiger partial charge in [-0.2, -0.15) is 0 Å². The van der Waals surface area contributed by atoms with E-state index in [9.17, 15) is 5.11 Å². The number of aromatic nitrogens is 1. The number of nitrogens with zero attached hydrogens (tertiary/aromatic N) is 1. The van der Waals surface area contributed by atoms with E-state index in [1.165, 1.54) is 0 Å². The van der Waals surface area contributed by atoms with Crippen molar-refractivity contribution in [3.63, 3.8) is 0 Å². The second-order valence-electron chi connectivity index (χ2n) is 4.26. The van der Waals surface area contributed by atoms with Gasteiger partial charge in [-0.05, 0) is 30.2 Å². The molecule has 0 aliphatic carbocycles. The van der Waals surface area contributed by atoms with Gasteiger partial charge < -0.3 is 9.84 Å². The lowest BCUT2D eigenvalue weighted by Gasteiger charge is -2.13. The van der Waals surface area contributed by atoms with E-state index in [0.717, 1.165) is 22.6 Å². The molecule has 1 atom stereocenters. The molecule has 1 N–H and O–H groups in total. The Hall–Kier alpha value is -1.87. The summed E-state index contributed by atoms with van der Waals surface area (Å²) in [5.41, 5.74) is 2.77. The summed E-state index contributed by atoms with van der Waals surface area (Å²) in [5.74, 6) is 0.802. The molecule has 0 amide bonds. The van der Waals surface area contributed by atoms with Gasteiger partial charge in [-0.3, -0.25) is 4.98 Å². The van der Waals surface area contributed by atoms with Crippen LogP contribution in [0.1, 0.15) is 22.9 Å². The number of hydrogen-bond donors (Lipinski definition) is 1. The molecule has 1 heterocycles. The van der Waals surface area contributed by atoms with Gasteiger partial charge in [0.2, 0.25) is 0 Å². The van der Waals surface area contributed by atoms with Crippen molar-refractivity contribution >= 4 is 0 Å². The Morgan fingerprint density at radius 3 is 2.67 bits per heavy atom. The first-order valence-electron chi connectivity index (χ1n) is 5.93. The van der Waals surface area contributed by atoms with Crippen molar-refractivity contribution in [2.45, 2.75) is 19.4 Å². The van der Waals surface area contributed by atoms with Crippen LogP contribution in [0.2, 0.25) is 0 Å². The van der Waals surface area contributed by atoms with E-state index >= 15 is 0 Å². The number of aliphatic hydroxyl groups is 1. The average Bonchev–Trinajstić information content (AvgIpc) is 2.40. The van der Waals surface area contributed by atoms with Gasteiger partial charge in [0.1, 0.15) is 5.75 Å². The molecule has 0 aliphatic heterocycles. The summed E-state index contributed by atoms with van der Waals surface area (Å²) in [4.78, 5) is 4.19. The molecule has 0 radical (unpaired) electrons. The quantitative estimate of drug-likeness (QED) is 0.897. The van der Waals surface area contributed by atoms with Crippen LogP contribution in [-0.4, -0.2) is 17.2 Å². The molecule has 1 aromatic heterocycles. The Morgan fingerprint density at radius 2 is 2.00 bits per heavy atom.